The Bertz CT molecular complexity index is 601. The maximum atomic E-state index is 10.6. The molecule has 0 bridgehead atoms. The molecule has 5 heteroatoms. The van der Waals surface area contributed by atoms with E-state index < -0.39 is 6.10 Å². The Hall–Kier alpha value is -0.680. The first-order valence-corrected chi connectivity index (χ1v) is 8.74. The molecule has 0 aliphatic carbocycles. The van der Waals surface area contributed by atoms with Gasteiger partial charge in [0.1, 0.15) is 11.9 Å². The van der Waals surface area contributed by atoms with Crippen molar-refractivity contribution in [2.75, 3.05) is 12.9 Å². The highest BCUT2D eigenvalue weighted by Gasteiger charge is 2.20. The standard InChI is InChI=1S/C15H15ClO2S2/c1-18-10-2-3-11(12(16)7-10)15(17)14-6-9-8-19-5-4-13(9)20-14/h2-3,6-7,15,17H,4-5,8H2,1H3. The fourth-order valence-corrected chi connectivity index (χ4v) is 4.97. The number of aliphatic hydroxyl groups excluding tert-OH is 1. The molecule has 1 N–H and O–H groups in total. The average Bonchev–Trinajstić information content (AvgIpc) is 2.90. The smallest absolute Gasteiger partial charge is 0.120 e. The first-order valence-electron chi connectivity index (χ1n) is 6.39. The lowest BCUT2D eigenvalue weighted by Gasteiger charge is -2.12. The minimum Gasteiger partial charge on any atom is -0.497 e. The lowest BCUT2D eigenvalue weighted by atomic mass is 10.1. The molecule has 0 fully saturated rings. The minimum absolute atomic E-state index is 0.539. The molecular formula is C15H15ClO2S2. The van der Waals surface area contributed by atoms with Gasteiger partial charge in [-0.2, -0.15) is 11.8 Å². The van der Waals surface area contributed by atoms with E-state index in [2.05, 4.69) is 6.07 Å². The number of methoxy groups -OCH3 is 1. The van der Waals surface area contributed by atoms with Gasteiger partial charge in [-0.25, -0.2) is 0 Å². The van der Waals surface area contributed by atoms with Gasteiger partial charge in [0.2, 0.25) is 0 Å². The molecule has 1 aliphatic rings. The summed E-state index contributed by atoms with van der Waals surface area (Å²) in [5.74, 6) is 2.93. The number of rotatable bonds is 3. The van der Waals surface area contributed by atoms with Gasteiger partial charge in [-0.3, -0.25) is 0 Å². The van der Waals surface area contributed by atoms with E-state index in [0.717, 1.165) is 22.6 Å². The van der Waals surface area contributed by atoms with E-state index in [-0.39, 0.29) is 0 Å². The second kappa shape index (κ2) is 5.98. The molecule has 0 saturated heterocycles. The zero-order valence-corrected chi connectivity index (χ0v) is 13.4. The van der Waals surface area contributed by atoms with Gasteiger partial charge in [-0.05, 0) is 35.9 Å². The van der Waals surface area contributed by atoms with Crippen molar-refractivity contribution >= 4 is 34.7 Å². The van der Waals surface area contributed by atoms with Crippen LogP contribution in [0.3, 0.4) is 0 Å². The van der Waals surface area contributed by atoms with Crippen LogP contribution in [-0.4, -0.2) is 18.0 Å². The van der Waals surface area contributed by atoms with Crippen LogP contribution in [0.5, 0.6) is 5.75 Å². The molecule has 2 heterocycles. The van der Waals surface area contributed by atoms with Crippen LogP contribution >= 0.6 is 34.7 Å². The van der Waals surface area contributed by atoms with Crippen LogP contribution in [0.1, 0.15) is 27.0 Å². The summed E-state index contributed by atoms with van der Waals surface area (Å²) in [5.41, 5.74) is 2.10. The molecule has 1 aromatic carbocycles. The minimum atomic E-state index is -0.658. The van der Waals surface area contributed by atoms with E-state index in [1.54, 1.807) is 24.5 Å². The number of thioether (sulfide) groups is 1. The number of thiophene rings is 1. The Morgan fingerprint density at radius 3 is 2.90 bits per heavy atom. The normalized spacial score (nSPS) is 15.8. The van der Waals surface area contributed by atoms with E-state index in [4.69, 9.17) is 16.3 Å². The topological polar surface area (TPSA) is 29.5 Å². The van der Waals surface area contributed by atoms with Crippen LogP contribution in [-0.2, 0) is 12.2 Å². The summed E-state index contributed by atoms with van der Waals surface area (Å²) in [4.78, 5) is 2.38. The molecular weight excluding hydrogens is 312 g/mol. The van der Waals surface area contributed by atoms with E-state index in [1.807, 2.05) is 23.9 Å². The van der Waals surface area contributed by atoms with Gasteiger partial charge in [0.15, 0.2) is 0 Å². The largest absolute Gasteiger partial charge is 0.497 e. The van der Waals surface area contributed by atoms with Gasteiger partial charge < -0.3 is 9.84 Å². The highest BCUT2D eigenvalue weighted by atomic mass is 35.5. The van der Waals surface area contributed by atoms with Gasteiger partial charge in [0.05, 0.1) is 12.1 Å². The molecule has 3 rings (SSSR count). The Balaban J connectivity index is 1.92. The SMILES string of the molecule is COc1ccc(C(O)c2cc3c(s2)CCSC3)c(Cl)c1. The van der Waals surface area contributed by atoms with Crippen LogP contribution < -0.4 is 4.74 Å². The number of aliphatic hydroxyl groups is 1. The van der Waals surface area contributed by atoms with Crippen molar-refractivity contribution in [2.45, 2.75) is 18.3 Å². The van der Waals surface area contributed by atoms with E-state index in [1.165, 1.54) is 16.2 Å². The van der Waals surface area contributed by atoms with E-state index in [0.29, 0.717) is 10.8 Å². The fraction of sp³-hybridized carbons (Fsp3) is 0.333. The number of benzene rings is 1. The quantitative estimate of drug-likeness (QED) is 0.912. The summed E-state index contributed by atoms with van der Waals surface area (Å²) in [5, 5.41) is 11.1. The number of ether oxygens (including phenoxy) is 1. The molecule has 2 nitrogen and oxygen atoms in total. The second-order valence-electron chi connectivity index (χ2n) is 4.69. The molecule has 1 atom stereocenters. The number of halogens is 1. The van der Waals surface area contributed by atoms with Crippen molar-refractivity contribution in [2.24, 2.45) is 0 Å². The van der Waals surface area contributed by atoms with Crippen molar-refractivity contribution < 1.29 is 9.84 Å². The van der Waals surface area contributed by atoms with Gasteiger partial charge in [0, 0.05) is 21.1 Å². The van der Waals surface area contributed by atoms with Crippen molar-refractivity contribution in [3.05, 3.63) is 50.2 Å². The maximum absolute atomic E-state index is 10.6. The molecule has 1 unspecified atom stereocenters. The lowest BCUT2D eigenvalue weighted by molar-refractivity contribution is 0.224. The van der Waals surface area contributed by atoms with Crippen molar-refractivity contribution in [3.63, 3.8) is 0 Å². The molecule has 0 radical (unpaired) electrons. The average molecular weight is 327 g/mol. The van der Waals surface area contributed by atoms with Gasteiger partial charge >= 0.3 is 0 Å². The van der Waals surface area contributed by atoms with Crippen LogP contribution in [0.2, 0.25) is 5.02 Å². The molecule has 0 amide bonds. The zero-order chi connectivity index (χ0) is 14.1. The molecule has 2 aromatic rings. The van der Waals surface area contributed by atoms with Crippen LogP contribution in [0.4, 0.5) is 0 Å². The zero-order valence-electron chi connectivity index (χ0n) is 11.1. The van der Waals surface area contributed by atoms with Crippen LogP contribution in [0.15, 0.2) is 24.3 Å². The number of hydrogen-bond acceptors (Lipinski definition) is 4. The van der Waals surface area contributed by atoms with Crippen LogP contribution in [0.25, 0.3) is 0 Å². The molecule has 106 valence electrons. The Kier molecular flexibility index (Phi) is 4.26. The number of fused-ring (bicyclic) bond motifs is 1. The summed E-state index contributed by atoms with van der Waals surface area (Å²) in [6, 6.07) is 7.52. The molecule has 20 heavy (non-hydrogen) atoms. The fourth-order valence-electron chi connectivity index (χ4n) is 2.31. The number of hydrogen-bond donors (Lipinski definition) is 1. The number of aryl methyl sites for hydroxylation is 1. The predicted molar refractivity (Wildman–Crippen MR) is 86.3 cm³/mol. The highest BCUT2D eigenvalue weighted by Crippen LogP contribution is 2.38. The van der Waals surface area contributed by atoms with E-state index >= 15 is 0 Å². The summed E-state index contributed by atoms with van der Waals surface area (Å²) in [7, 11) is 1.60. The summed E-state index contributed by atoms with van der Waals surface area (Å²) >= 11 is 9.89. The highest BCUT2D eigenvalue weighted by molar-refractivity contribution is 7.98. The van der Waals surface area contributed by atoms with Crippen LogP contribution in [0, 0.1) is 0 Å². The molecule has 1 aromatic heterocycles. The third-order valence-electron chi connectivity index (χ3n) is 3.42. The molecule has 0 saturated carbocycles. The van der Waals surface area contributed by atoms with Crippen molar-refractivity contribution in [3.8, 4) is 5.75 Å². The maximum Gasteiger partial charge on any atom is 0.120 e. The predicted octanol–water partition coefficient (Wildman–Crippen LogP) is 4.28. The summed E-state index contributed by atoms with van der Waals surface area (Å²) in [6.45, 7) is 0. The van der Waals surface area contributed by atoms with Gasteiger partial charge in [-0.15, -0.1) is 11.3 Å². The lowest BCUT2D eigenvalue weighted by Crippen LogP contribution is -1.98. The Morgan fingerprint density at radius 2 is 2.20 bits per heavy atom. The monoisotopic (exact) mass is 326 g/mol. The van der Waals surface area contributed by atoms with Gasteiger partial charge in [-0.1, -0.05) is 17.7 Å². The van der Waals surface area contributed by atoms with Gasteiger partial charge in [0.25, 0.3) is 0 Å². The third kappa shape index (κ3) is 2.70. The molecule has 0 spiro atoms. The second-order valence-corrected chi connectivity index (χ2v) is 7.37. The van der Waals surface area contributed by atoms with Crippen molar-refractivity contribution in [1.29, 1.82) is 0 Å². The van der Waals surface area contributed by atoms with E-state index in [9.17, 15) is 5.11 Å². The summed E-state index contributed by atoms with van der Waals surface area (Å²) < 4.78 is 5.14. The Labute approximate surface area is 131 Å². The van der Waals surface area contributed by atoms with Crippen molar-refractivity contribution in [1.82, 2.24) is 0 Å². The first kappa shape index (κ1) is 14.3. The first-order chi connectivity index (χ1) is 9.69. The third-order valence-corrected chi connectivity index (χ3v) is 6.04. The Morgan fingerprint density at radius 1 is 1.35 bits per heavy atom. The molecule has 1 aliphatic heterocycles. The summed E-state index contributed by atoms with van der Waals surface area (Å²) in [6.07, 6.45) is 0.447.